The van der Waals surface area contributed by atoms with Gasteiger partial charge in [-0.1, -0.05) is 42.0 Å². The Morgan fingerprint density at radius 1 is 1.00 bits per heavy atom. The van der Waals surface area contributed by atoms with Crippen molar-refractivity contribution in [2.75, 3.05) is 5.32 Å². The Hall–Kier alpha value is -4.19. The summed E-state index contributed by atoms with van der Waals surface area (Å²) in [5.74, 6) is -2.04. The Labute approximate surface area is 196 Å². The number of rotatable bonds is 4. The molecule has 0 saturated carbocycles. The number of carbonyl (C=O) groups is 1. The van der Waals surface area contributed by atoms with Crippen LogP contribution in [0.25, 0.3) is 11.1 Å². The first-order valence-electron chi connectivity index (χ1n) is 10.9. The fourth-order valence-electron chi connectivity index (χ4n) is 4.14. The third kappa shape index (κ3) is 3.88. The number of halogens is 2. The summed E-state index contributed by atoms with van der Waals surface area (Å²) in [6.07, 6.45) is 5.00. The van der Waals surface area contributed by atoms with Crippen molar-refractivity contribution in [2.24, 2.45) is 9.98 Å². The maximum atomic E-state index is 14.4. The van der Waals surface area contributed by atoms with Crippen LogP contribution >= 0.6 is 0 Å². The summed E-state index contributed by atoms with van der Waals surface area (Å²) in [7, 11) is 0. The minimum Gasteiger partial charge on any atom is -0.322 e. The zero-order valence-electron chi connectivity index (χ0n) is 18.6. The van der Waals surface area contributed by atoms with Crippen molar-refractivity contribution >= 4 is 34.7 Å². The van der Waals surface area contributed by atoms with Crippen molar-refractivity contribution in [1.82, 2.24) is 0 Å². The average molecular weight is 453 g/mol. The van der Waals surface area contributed by atoms with E-state index >= 15 is 0 Å². The van der Waals surface area contributed by atoms with Gasteiger partial charge in [-0.3, -0.25) is 14.8 Å². The van der Waals surface area contributed by atoms with Crippen molar-refractivity contribution in [3.63, 3.8) is 0 Å². The van der Waals surface area contributed by atoms with Gasteiger partial charge in [-0.05, 0) is 55.3 Å². The second-order valence-electron chi connectivity index (χ2n) is 8.33. The molecule has 5 rings (SSSR count). The predicted octanol–water partition coefficient (Wildman–Crippen LogP) is 6.17. The lowest BCUT2D eigenvalue weighted by molar-refractivity contribution is 0.102. The second kappa shape index (κ2) is 8.63. The lowest BCUT2D eigenvalue weighted by Crippen LogP contribution is -2.22. The molecule has 168 valence electrons. The van der Waals surface area contributed by atoms with Gasteiger partial charge in [-0.2, -0.15) is 0 Å². The number of anilines is 1. The number of fused-ring (bicyclic) bond motifs is 1. The first kappa shape index (κ1) is 21.6. The lowest BCUT2D eigenvalue weighted by atomic mass is 9.88. The van der Waals surface area contributed by atoms with Crippen LogP contribution in [-0.4, -0.2) is 23.9 Å². The molecule has 4 nitrogen and oxygen atoms in total. The normalized spacial score (nSPS) is 16.5. The number of aliphatic imine (C=N–C) groups is 2. The SMILES string of the molecule is Cc1ccc(NC(=O)c2cc(C3=CC=NC4C(c5cccc(F)c5F)=CN=C34)ccc2C)cc1. The Morgan fingerprint density at radius 3 is 2.59 bits per heavy atom. The van der Waals surface area contributed by atoms with Crippen molar-refractivity contribution in [2.45, 2.75) is 19.9 Å². The van der Waals surface area contributed by atoms with Gasteiger partial charge in [0.15, 0.2) is 11.6 Å². The standard InChI is InChI=1S/C28H21F2N3O/c1-16-6-10-19(11-7-16)33-28(34)22-14-18(9-8-17(22)2)20-12-13-31-27-23(15-32-26(20)27)21-4-3-5-24(29)25(21)30/h3-15,27H,1-2H3,(H,33,34). The molecule has 0 bridgehead atoms. The number of carbonyl (C=O) groups excluding carboxylic acids is 1. The van der Waals surface area contributed by atoms with Crippen molar-refractivity contribution in [3.05, 3.63) is 112 Å². The van der Waals surface area contributed by atoms with Gasteiger partial charge in [0.25, 0.3) is 5.91 Å². The van der Waals surface area contributed by atoms with Crippen LogP contribution in [0.4, 0.5) is 14.5 Å². The van der Waals surface area contributed by atoms with Crippen LogP contribution in [0.5, 0.6) is 0 Å². The molecular formula is C28H21F2N3O. The van der Waals surface area contributed by atoms with Crippen LogP contribution in [-0.2, 0) is 0 Å². The Morgan fingerprint density at radius 2 is 1.79 bits per heavy atom. The molecule has 3 aromatic rings. The molecule has 3 aromatic carbocycles. The maximum absolute atomic E-state index is 14.4. The third-order valence-corrected chi connectivity index (χ3v) is 6.01. The topological polar surface area (TPSA) is 53.8 Å². The predicted molar refractivity (Wildman–Crippen MR) is 132 cm³/mol. The van der Waals surface area contributed by atoms with E-state index in [-0.39, 0.29) is 11.5 Å². The van der Waals surface area contributed by atoms with Gasteiger partial charge in [-0.15, -0.1) is 0 Å². The maximum Gasteiger partial charge on any atom is 0.255 e. The van der Waals surface area contributed by atoms with Crippen LogP contribution in [0.3, 0.4) is 0 Å². The van der Waals surface area contributed by atoms with E-state index in [1.54, 1.807) is 6.21 Å². The van der Waals surface area contributed by atoms with E-state index in [2.05, 4.69) is 15.3 Å². The molecule has 0 radical (unpaired) electrons. The molecule has 6 heteroatoms. The molecule has 0 saturated heterocycles. The fraction of sp³-hybridized carbons (Fsp3) is 0.107. The van der Waals surface area contributed by atoms with Crippen LogP contribution in [0.1, 0.15) is 32.6 Å². The molecule has 0 fully saturated rings. The van der Waals surface area contributed by atoms with Crippen LogP contribution in [0.15, 0.2) is 82.9 Å². The van der Waals surface area contributed by atoms with E-state index < -0.39 is 17.7 Å². The number of dihydropyridines is 1. The number of hydrogen-bond acceptors (Lipinski definition) is 3. The minimum atomic E-state index is -0.915. The lowest BCUT2D eigenvalue weighted by Gasteiger charge is -2.20. The molecule has 1 amide bonds. The number of nitrogens with zero attached hydrogens (tertiary/aromatic N) is 2. The molecule has 2 heterocycles. The Bertz CT molecular complexity index is 1430. The Balaban J connectivity index is 1.43. The third-order valence-electron chi connectivity index (χ3n) is 6.01. The van der Waals surface area contributed by atoms with Gasteiger partial charge in [0.05, 0.1) is 5.71 Å². The number of amides is 1. The zero-order valence-corrected chi connectivity index (χ0v) is 18.6. The van der Waals surface area contributed by atoms with Crippen LogP contribution in [0.2, 0.25) is 0 Å². The molecule has 1 N–H and O–H groups in total. The fourth-order valence-corrected chi connectivity index (χ4v) is 4.14. The molecule has 1 atom stereocenters. The quantitative estimate of drug-likeness (QED) is 0.505. The Kier molecular flexibility index (Phi) is 5.49. The van der Waals surface area contributed by atoms with E-state index in [4.69, 9.17) is 0 Å². The first-order chi connectivity index (χ1) is 16.4. The largest absolute Gasteiger partial charge is 0.322 e. The number of aryl methyl sites for hydroxylation is 2. The van der Waals surface area contributed by atoms with E-state index in [1.807, 2.05) is 62.4 Å². The van der Waals surface area contributed by atoms with E-state index in [9.17, 15) is 13.6 Å². The number of benzene rings is 3. The monoisotopic (exact) mass is 453 g/mol. The summed E-state index contributed by atoms with van der Waals surface area (Å²) >= 11 is 0. The number of hydrogen-bond donors (Lipinski definition) is 1. The van der Waals surface area contributed by atoms with Crippen molar-refractivity contribution in [3.8, 4) is 0 Å². The highest BCUT2D eigenvalue weighted by atomic mass is 19.2. The van der Waals surface area contributed by atoms with Gasteiger partial charge < -0.3 is 5.32 Å². The summed E-state index contributed by atoms with van der Waals surface area (Å²) < 4.78 is 28.2. The molecule has 2 aliphatic rings. The average Bonchev–Trinajstić information content (AvgIpc) is 3.27. The van der Waals surface area contributed by atoms with Crippen LogP contribution < -0.4 is 5.32 Å². The minimum absolute atomic E-state index is 0.143. The summed E-state index contributed by atoms with van der Waals surface area (Å²) in [5.41, 5.74) is 6.06. The summed E-state index contributed by atoms with van der Waals surface area (Å²) in [6.45, 7) is 3.87. The van der Waals surface area contributed by atoms with E-state index in [0.29, 0.717) is 16.8 Å². The number of allylic oxidation sites excluding steroid dienone is 1. The van der Waals surface area contributed by atoms with Gasteiger partial charge in [0.2, 0.25) is 0 Å². The number of nitrogens with one attached hydrogen (secondary N) is 1. The molecule has 0 aliphatic carbocycles. The first-order valence-corrected chi connectivity index (χ1v) is 10.9. The molecule has 34 heavy (non-hydrogen) atoms. The van der Waals surface area contributed by atoms with Gasteiger partial charge in [0, 0.05) is 40.4 Å². The molecule has 1 unspecified atom stereocenters. The van der Waals surface area contributed by atoms with Crippen molar-refractivity contribution in [1.29, 1.82) is 0 Å². The summed E-state index contributed by atoms with van der Waals surface area (Å²) in [6, 6.07) is 16.8. The zero-order chi connectivity index (χ0) is 23.8. The summed E-state index contributed by atoms with van der Waals surface area (Å²) in [5, 5.41) is 2.94. The molecule has 0 aromatic heterocycles. The van der Waals surface area contributed by atoms with Crippen molar-refractivity contribution < 1.29 is 13.6 Å². The highest BCUT2D eigenvalue weighted by Gasteiger charge is 2.32. The van der Waals surface area contributed by atoms with E-state index in [1.165, 1.54) is 18.3 Å². The van der Waals surface area contributed by atoms with E-state index in [0.717, 1.165) is 34.0 Å². The molecule has 0 spiro atoms. The van der Waals surface area contributed by atoms with Gasteiger partial charge >= 0.3 is 0 Å². The molecule has 2 aliphatic heterocycles. The van der Waals surface area contributed by atoms with Gasteiger partial charge in [0.1, 0.15) is 6.04 Å². The highest BCUT2D eigenvalue weighted by molar-refractivity contribution is 6.34. The second-order valence-corrected chi connectivity index (χ2v) is 8.33. The highest BCUT2D eigenvalue weighted by Crippen LogP contribution is 2.35. The van der Waals surface area contributed by atoms with Gasteiger partial charge in [-0.25, -0.2) is 8.78 Å². The smallest absolute Gasteiger partial charge is 0.255 e. The molecular weight excluding hydrogens is 432 g/mol. The van der Waals surface area contributed by atoms with Crippen LogP contribution in [0, 0.1) is 25.5 Å². The summed E-state index contributed by atoms with van der Waals surface area (Å²) in [4.78, 5) is 22.0.